The van der Waals surface area contributed by atoms with Crippen LogP contribution in [-0.4, -0.2) is 6.61 Å². The summed E-state index contributed by atoms with van der Waals surface area (Å²) in [5.74, 6) is 6.74. The van der Waals surface area contributed by atoms with Crippen LogP contribution in [0.4, 0.5) is 0 Å². The summed E-state index contributed by atoms with van der Waals surface area (Å²) in [7, 11) is 0. The summed E-state index contributed by atoms with van der Waals surface area (Å²) >= 11 is 0. The van der Waals surface area contributed by atoms with Gasteiger partial charge in [-0.05, 0) is 44.6 Å². The SMILES string of the molecule is CCCOc1ccccc1C(CC1=CCCCC1)NN. The first-order chi connectivity index (χ1) is 9.85. The van der Waals surface area contributed by atoms with Crippen LogP contribution in [0.25, 0.3) is 0 Å². The lowest BCUT2D eigenvalue weighted by atomic mass is 9.91. The Balaban J connectivity index is 2.11. The molecule has 1 aliphatic rings. The van der Waals surface area contributed by atoms with Crippen molar-refractivity contribution in [2.24, 2.45) is 5.84 Å². The topological polar surface area (TPSA) is 47.3 Å². The molecule has 1 aliphatic carbocycles. The van der Waals surface area contributed by atoms with Gasteiger partial charge in [-0.3, -0.25) is 11.3 Å². The molecule has 0 aromatic heterocycles. The van der Waals surface area contributed by atoms with Gasteiger partial charge in [0.05, 0.1) is 12.6 Å². The van der Waals surface area contributed by atoms with Gasteiger partial charge in [-0.1, -0.05) is 36.8 Å². The average molecular weight is 274 g/mol. The third-order valence-electron chi connectivity index (χ3n) is 3.81. The molecule has 0 fully saturated rings. The highest BCUT2D eigenvalue weighted by atomic mass is 16.5. The van der Waals surface area contributed by atoms with E-state index >= 15 is 0 Å². The van der Waals surface area contributed by atoms with Crippen molar-refractivity contribution in [3.8, 4) is 5.75 Å². The van der Waals surface area contributed by atoms with Crippen molar-refractivity contribution >= 4 is 0 Å². The quantitative estimate of drug-likeness (QED) is 0.451. The van der Waals surface area contributed by atoms with Gasteiger partial charge in [-0.15, -0.1) is 0 Å². The van der Waals surface area contributed by atoms with E-state index in [0.717, 1.165) is 30.8 Å². The van der Waals surface area contributed by atoms with Gasteiger partial charge in [0.25, 0.3) is 0 Å². The number of allylic oxidation sites excluding steroid dienone is 1. The summed E-state index contributed by atoms with van der Waals surface area (Å²) in [6, 6.07) is 8.34. The minimum atomic E-state index is 0.132. The molecule has 1 atom stereocenters. The molecule has 2 rings (SSSR count). The van der Waals surface area contributed by atoms with Gasteiger partial charge in [-0.2, -0.15) is 0 Å². The third-order valence-corrected chi connectivity index (χ3v) is 3.81. The molecule has 3 nitrogen and oxygen atoms in total. The van der Waals surface area contributed by atoms with E-state index in [1.54, 1.807) is 0 Å². The fourth-order valence-corrected chi connectivity index (χ4v) is 2.72. The first kappa shape index (κ1) is 15.1. The number of ether oxygens (including phenoxy) is 1. The molecule has 0 amide bonds. The molecule has 1 aromatic carbocycles. The van der Waals surface area contributed by atoms with Gasteiger partial charge in [0.2, 0.25) is 0 Å². The predicted molar refractivity (Wildman–Crippen MR) is 83.5 cm³/mol. The van der Waals surface area contributed by atoms with E-state index in [0.29, 0.717) is 0 Å². The van der Waals surface area contributed by atoms with E-state index < -0.39 is 0 Å². The lowest BCUT2D eigenvalue weighted by Crippen LogP contribution is -2.29. The van der Waals surface area contributed by atoms with E-state index in [4.69, 9.17) is 10.6 Å². The van der Waals surface area contributed by atoms with Gasteiger partial charge in [0.15, 0.2) is 0 Å². The van der Waals surface area contributed by atoms with E-state index in [-0.39, 0.29) is 6.04 Å². The number of nitrogens with one attached hydrogen (secondary N) is 1. The minimum Gasteiger partial charge on any atom is -0.493 e. The zero-order chi connectivity index (χ0) is 14.2. The first-order valence-electron chi connectivity index (χ1n) is 7.71. The molecular weight excluding hydrogens is 248 g/mol. The Kier molecular flexibility index (Phi) is 6.09. The minimum absolute atomic E-state index is 0.132. The van der Waals surface area contributed by atoms with Crippen molar-refractivity contribution in [3.05, 3.63) is 41.5 Å². The second kappa shape index (κ2) is 8.08. The molecule has 0 radical (unpaired) electrons. The molecular formula is C17H26N2O. The Hall–Kier alpha value is -1.32. The molecule has 1 unspecified atom stereocenters. The van der Waals surface area contributed by atoms with Crippen LogP contribution in [0.3, 0.4) is 0 Å². The second-order valence-electron chi connectivity index (χ2n) is 5.42. The summed E-state index contributed by atoms with van der Waals surface area (Å²) in [4.78, 5) is 0. The molecule has 1 aromatic rings. The van der Waals surface area contributed by atoms with Crippen LogP contribution in [-0.2, 0) is 0 Å². The zero-order valence-electron chi connectivity index (χ0n) is 12.4. The molecule has 0 spiro atoms. The molecule has 0 saturated heterocycles. The lowest BCUT2D eigenvalue weighted by Gasteiger charge is -2.22. The summed E-state index contributed by atoms with van der Waals surface area (Å²) in [6.45, 7) is 2.87. The zero-order valence-corrected chi connectivity index (χ0v) is 12.4. The highest BCUT2D eigenvalue weighted by molar-refractivity contribution is 5.36. The normalized spacial score (nSPS) is 16.6. The molecule has 110 valence electrons. The van der Waals surface area contributed by atoms with Gasteiger partial charge in [-0.25, -0.2) is 0 Å². The number of para-hydroxylation sites is 1. The molecule has 3 N–H and O–H groups in total. The third kappa shape index (κ3) is 4.09. The van der Waals surface area contributed by atoms with Gasteiger partial charge in [0.1, 0.15) is 5.75 Å². The van der Waals surface area contributed by atoms with Crippen molar-refractivity contribution in [2.75, 3.05) is 6.61 Å². The first-order valence-corrected chi connectivity index (χ1v) is 7.71. The van der Waals surface area contributed by atoms with Crippen LogP contribution in [0, 0.1) is 0 Å². The van der Waals surface area contributed by atoms with Crippen LogP contribution in [0.1, 0.15) is 57.1 Å². The highest BCUT2D eigenvalue weighted by Gasteiger charge is 2.17. The summed E-state index contributed by atoms with van der Waals surface area (Å²) < 4.78 is 5.84. The molecule has 0 aliphatic heterocycles. The van der Waals surface area contributed by atoms with E-state index in [1.807, 2.05) is 18.2 Å². The standard InChI is InChI=1S/C17H26N2O/c1-2-12-20-17-11-7-6-10-15(17)16(19-18)13-14-8-4-3-5-9-14/h6-8,10-11,16,19H,2-5,9,12-13,18H2,1H3. The molecule has 0 heterocycles. The molecule has 0 bridgehead atoms. The van der Waals surface area contributed by atoms with Crippen molar-refractivity contribution in [1.82, 2.24) is 5.43 Å². The number of hydrogen-bond acceptors (Lipinski definition) is 3. The monoisotopic (exact) mass is 274 g/mol. The van der Waals surface area contributed by atoms with Crippen molar-refractivity contribution in [1.29, 1.82) is 0 Å². The van der Waals surface area contributed by atoms with Crippen molar-refractivity contribution < 1.29 is 4.74 Å². The Labute approximate surface area is 122 Å². The summed E-state index contributed by atoms with van der Waals surface area (Å²) in [6.07, 6.45) is 9.40. The Morgan fingerprint density at radius 3 is 2.85 bits per heavy atom. The summed E-state index contributed by atoms with van der Waals surface area (Å²) in [5, 5.41) is 0. The van der Waals surface area contributed by atoms with Crippen molar-refractivity contribution in [3.63, 3.8) is 0 Å². The van der Waals surface area contributed by atoms with Crippen LogP contribution in [0.2, 0.25) is 0 Å². The van der Waals surface area contributed by atoms with Crippen LogP contribution in [0.5, 0.6) is 5.75 Å². The van der Waals surface area contributed by atoms with Crippen LogP contribution in [0.15, 0.2) is 35.9 Å². The highest BCUT2D eigenvalue weighted by Crippen LogP contribution is 2.31. The van der Waals surface area contributed by atoms with Gasteiger partial charge < -0.3 is 4.74 Å². The fraction of sp³-hybridized carbons (Fsp3) is 0.529. The number of rotatable bonds is 7. The Bertz CT molecular complexity index is 442. The Morgan fingerprint density at radius 1 is 1.30 bits per heavy atom. The van der Waals surface area contributed by atoms with Gasteiger partial charge in [0, 0.05) is 5.56 Å². The predicted octanol–water partition coefficient (Wildman–Crippen LogP) is 3.87. The number of hydrogen-bond donors (Lipinski definition) is 2. The maximum atomic E-state index is 5.84. The largest absolute Gasteiger partial charge is 0.493 e. The number of hydrazine groups is 1. The second-order valence-corrected chi connectivity index (χ2v) is 5.42. The number of benzene rings is 1. The maximum Gasteiger partial charge on any atom is 0.124 e. The van der Waals surface area contributed by atoms with E-state index in [9.17, 15) is 0 Å². The fourth-order valence-electron chi connectivity index (χ4n) is 2.72. The smallest absolute Gasteiger partial charge is 0.124 e. The van der Waals surface area contributed by atoms with Crippen molar-refractivity contribution in [2.45, 2.75) is 51.5 Å². The van der Waals surface area contributed by atoms with E-state index in [1.165, 1.54) is 31.3 Å². The Morgan fingerprint density at radius 2 is 2.15 bits per heavy atom. The van der Waals surface area contributed by atoms with Crippen LogP contribution >= 0.6 is 0 Å². The van der Waals surface area contributed by atoms with Crippen LogP contribution < -0.4 is 16.0 Å². The average Bonchev–Trinajstić information content (AvgIpc) is 2.52. The molecule has 20 heavy (non-hydrogen) atoms. The summed E-state index contributed by atoms with van der Waals surface area (Å²) in [5.41, 5.74) is 5.64. The molecule has 3 heteroatoms. The number of nitrogens with two attached hydrogens (primary N) is 1. The van der Waals surface area contributed by atoms with Gasteiger partial charge >= 0.3 is 0 Å². The van der Waals surface area contributed by atoms with E-state index in [2.05, 4.69) is 24.5 Å². The lowest BCUT2D eigenvalue weighted by molar-refractivity contribution is 0.309. The maximum absolute atomic E-state index is 5.84. The molecule has 0 saturated carbocycles.